The zero-order valence-corrected chi connectivity index (χ0v) is 25.1. The van der Waals surface area contributed by atoms with Crippen molar-refractivity contribution in [1.29, 1.82) is 0 Å². The molecule has 1 atom stereocenters. The summed E-state index contributed by atoms with van der Waals surface area (Å²) in [5.74, 6) is 0.647. The third kappa shape index (κ3) is 8.33. The Hall–Kier alpha value is -3.89. The van der Waals surface area contributed by atoms with Gasteiger partial charge in [0, 0.05) is 37.9 Å². The van der Waals surface area contributed by atoms with E-state index in [1.807, 2.05) is 36.5 Å². The summed E-state index contributed by atoms with van der Waals surface area (Å²) in [7, 11) is 1.91. The Morgan fingerprint density at radius 2 is 2.00 bits per heavy atom. The summed E-state index contributed by atoms with van der Waals surface area (Å²) in [6.07, 6.45) is 5.64. The smallest absolute Gasteiger partial charge is 0.262 e. The lowest BCUT2D eigenvalue weighted by atomic mass is 10.0. The molecule has 3 aromatic rings. The molecule has 226 valence electrons. The van der Waals surface area contributed by atoms with Gasteiger partial charge in [-0.1, -0.05) is 44.2 Å². The summed E-state index contributed by atoms with van der Waals surface area (Å²) in [6, 6.07) is 11.9. The summed E-state index contributed by atoms with van der Waals surface area (Å²) in [5.41, 5.74) is 4.63. The molecule has 10 heteroatoms. The van der Waals surface area contributed by atoms with E-state index in [4.69, 9.17) is 9.47 Å². The molecule has 2 aromatic carbocycles. The number of aryl methyl sites for hydroxylation is 1. The predicted octanol–water partition coefficient (Wildman–Crippen LogP) is 3.78. The highest BCUT2D eigenvalue weighted by Gasteiger charge is 2.23. The molecular formula is C32H43N5O5. The van der Waals surface area contributed by atoms with Crippen molar-refractivity contribution in [3.05, 3.63) is 59.9 Å². The number of hydrogen-bond donors (Lipinski definition) is 3. The Labute approximate surface area is 248 Å². The van der Waals surface area contributed by atoms with Crippen LogP contribution in [0.25, 0.3) is 11.1 Å². The van der Waals surface area contributed by atoms with Crippen molar-refractivity contribution >= 4 is 17.5 Å². The van der Waals surface area contributed by atoms with Crippen molar-refractivity contribution in [2.45, 2.75) is 46.1 Å². The van der Waals surface area contributed by atoms with Crippen molar-refractivity contribution in [3.63, 3.8) is 0 Å². The molecule has 2 amide bonds. The molecule has 0 unspecified atom stereocenters. The number of phenolic OH excluding ortho intramolecular Hbond substituents is 1. The fraction of sp³-hybridized carbons (Fsp3) is 0.469. The number of nitrogens with one attached hydrogen (secondary N) is 2. The number of anilines is 1. The van der Waals surface area contributed by atoms with Crippen LogP contribution in [0.5, 0.6) is 11.5 Å². The fourth-order valence-corrected chi connectivity index (χ4v) is 4.95. The molecule has 1 aliphatic heterocycles. The first-order valence-corrected chi connectivity index (χ1v) is 14.7. The number of rotatable bonds is 15. The van der Waals surface area contributed by atoms with Gasteiger partial charge < -0.3 is 30.1 Å². The number of amides is 2. The van der Waals surface area contributed by atoms with E-state index in [2.05, 4.69) is 54.7 Å². The van der Waals surface area contributed by atoms with Gasteiger partial charge in [0.2, 0.25) is 5.91 Å². The molecule has 0 fully saturated rings. The second kappa shape index (κ2) is 14.8. The Balaban J connectivity index is 1.19. The highest BCUT2D eigenvalue weighted by atomic mass is 16.5. The molecule has 10 nitrogen and oxygen atoms in total. The monoisotopic (exact) mass is 577 g/mol. The van der Waals surface area contributed by atoms with Gasteiger partial charge in [0.25, 0.3) is 5.91 Å². The number of nitrogens with zero attached hydrogens (tertiary/aromatic N) is 3. The minimum absolute atomic E-state index is 0.00871. The van der Waals surface area contributed by atoms with Crippen LogP contribution in [0.1, 0.15) is 38.3 Å². The maximum atomic E-state index is 13.2. The molecular weight excluding hydrogens is 534 g/mol. The van der Waals surface area contributed by atoms with E-state index in [1.165, 1.54) is 5.56 Å². The number of ether oxygens (including phenoxy) is 2. The Kier molecular flexibility index (Phi) is 11.0. The van der Waals surface area contributed by atoms with Crippen LogP contribution in [0.2, 0.25) is 0 Å². The number of benzene rings is 2. The molecule has 4 rings (SSSR count). The quantitative estimate of drug-likeness (QED) is 0.186. The van der Waals surface area contributed by atoms with Crippen molar-refractivity contribution in [2.75, 3.05) is 44.8 Å². The van der Waals surface area contributed by atoms with E-state index in [1.54, 1.807) is 10.7 Å². The average Bonchev–Trinajstić information content (AvgIpc) is 3.42. The molecule has 0 spiro atoms. The Morgan fingerprint density at radius 3 is 2.76 bits per heavy atom. The van der Waals surface area contributed by atoms with Gasteiger partial charge in [-0.3, -0.25) is 14.3 Å². The lowest BCUT2D eigenvalue weighted by Gasteiger charge is -2.32. The Bertz CT molecular complexity index is 1350. The SMILES string of the molecule is CC(C)[C@@H](C)N(CCNCCc1ccc(O)c2c1OCC(=O)N2)C(=O)CCOCCc1cccc(-c2cnn(C)c2)c1. The third-order valence-electron chi connectivity index (χ3n) is 7.67. The zero-order valence-electron chi connectivity index (χ0n) is 25.1. The minimum Gasteiger partial charge on any atom is -0.506 e. The number of carbonyl (C=O) groups is 2. The molecule has 0 saturated carbocycles. The van der Waals surface area contributed by atoms with Gasteiger partial charge in [-0.05, 0) is 55.0 Å². The van der Waals surface area contributed by atoms with Crippen LogP contribution < -0.4 is 15.4 Å². The molecule has 3 N–H and O–H groups in total. The Morgan fingerprint density at radius 1 is 1.17 bits per heavy atom. The first-order chi connectivity index (χ1) is 20.2. The van der Waals surface area contributed by atoms with Crippen molar-refractivity contribution in [1.82, 2.24) is 20.0 Å². The lowest BCUT2D eigenvalue weighted by molar-refractivity contribution is -0.135. The number of carbonyl (C=O) groups excluding carboxylic acids is 2. The number of phenols is 1. The standard InChI is InChI=1S/C32H43N5O5/c1-22(2)23(3)37(15-14-33-13-10-25-8-9-28(38)31-32(25)42-21-29(39)35-31)30(40)12-17-41-16-11-24-6-5-7-26(18-24)27-19-34-36(4)20-27/h5-9,18-20,22-23,33,38H,10-17,21H2,1-4H3,(H,35,39)/t23-/m1/s1. The lowest BCUT2D eigenvalue weighted by Crippen LogP contribution is -2.45. The normalized spacial score (nSPS) is 13.4. The summed E-state index contributed by atoms with van der Waals surface area (Å²) in [4.78, 5) is 26.7. The number of fused-ring (bicyclic) bond motifs is 1. The van der Waals surface area contributed by atoms with Crippen molar-refractivity contribution in [3.8, 4) is 22.6 Å². The fourth-order valence-electron chi connectivity index (χ4n) is 4.95. The third-order valence-corrected chi connectivity index (χ3v) is 7.67. The maximum absolute atomic E-state index is 13.2. The van der Waals surface area contributed by atoms with Crippen LogP contribution in [-0.2, 0) is 34.2 Å². The molecule has 0 aliphatic carbocycles. The van der Waals surface area contributed by atoms with Crippen LogP contribution in [0.4, 0.5) is 5.69 Å². The average molecular weight is 578 g/mol. The van der Waals surface area contributed by atoms with Gasteiger partial charge in [0.15, 0.2) is 12.4 Å². The maximum Gasteiger partial charge on any atom is 0.262 e. The second-order valence-corrected chi connectivity index (χ2v) is 11.1. The van der Waals surface area contributed by atoms with Crippen molar-refractivity contribution < 1.29 is 24.2 Å². The molecule has 0 saturated heterocycles. The topological polar surface area (TPSA) is 118 Å². The van der Waals surface area contributed by atoms with E-state index in [-0.39, 0.29) is 30.2 Å². The first-order valence-electron chi connectivity index (χ1n) is 14.7. The molecule has 1 aromatic heterocycles. The highest BCUT2D eigenvalue weighted by molar-refractivity contribution is 5.97. The molecule has 42 heavy (non-hydrogen) atoms. The van der Waals surface area contributed by atoms with E-state index in [0.29, 0.717) is 63.0 Å². The van der Waals surface area contributed by atoms with Crippen LogP contribution in [-0.4, -0.2) is 77.1 Å². The van der Waals surface area contributed by atoms with Gasteiger partial charge in [0.1, 0.15) is 11.4 Å². The predicted molar refractivity (Wildman–Crippen MR) is 163 cm³/mol. The minimum atomic E-state index is -0.283. The van der Waals surface area contributed by atoms with Crippen molar-refractivity contribution in [2.24, 2.45) is 13.0 Å². The summed E-state index contributed by atoms with van der Waals surface area (Å²) < 4.78 is 13.2. The van der Waals surface area contributed by atoms with E-state index >= 15 is 0 Å². The highest BCUT2D eigenvalue weighted by Crippen LogP contribution is 2.39. The first kappa shape index (κ1) is 31.1. The van der Waals surface area contributed by atoms with Crippen LogP contribution in [0, 0.1) is 5.92 Å². The van der Waals surface area contributed by atoms with E-state index < -0.39 is 0 Å². The van der Waals surface area contributed by atoms with Crippen LogP contribution >= 0.6 is 0 Å². The number of aromatic hydroxyl groups is 1. The molecule has 2 heterocycles. The van der Waals surface area contributed by atoms with Gasteiger partial charge >= 0.3 is 0 Å². The summed E-state index contributed by atoms with van der Waals surface area (Å²) in [5, 5.41) is 20.4. The van der Waals surface area contributed by atoms with Gasteiger partial charge in [0.05, 0.1) is 25.8 Å². The zero-order chi connectivity index (χ0) is 30.1. The van der Waals surface area contributed by atoms with Gasteiger partial charge in [-0.15, -0.1) is 0 Å². The van der Waals surface area contributed by atoms with Gasteiger partial charge in [-0.25, -0.2) is 0 Å². The van der Waals surface area contributed by atoms with E-state index in [9.17, 15) is 14.7 Å². The second-order valence-electron chi connectivity index (χ2n) is 11.1. The number of hydrogen-bond acceptors (Lipinski definition) is 7. The van der Waals surface area contributed by atoms with Crippen LogP contribution in [0.15, 0.2) is 48.8 Å². The van der Waals surface area contributed by atoms with Crippen LogP contribution in [0.3, 0.4) is 0 Å². The molecule has 0 radical (unpaired) electrons. The van der Waals surface area contributed by atoms with Gasteiger partial charge in [-0.2, -0.15) is 5.10 Å². The number of aromatic nitrogens is 2. The van der Waals surface area contributed by atoms with E-state index in [0.717, 1.165) is 23.1 Å². The largest absolute Gasteiger partial charge is 0.506 e. The summed E-state index contributed by atoms with van der Waals surface area (Å²) in [6.45, 7) is 9.13. The molecule has 0 bridgehead atoms. The molecule has 1 aliphatic rings. The summed E-state index contributed by atoms with van der Waals surface area (Å²) >= 11 is 0.